The van der Waals surface area contributed by atoms with Gasteiger partial charge in [-0.25, -0.2) is 4.39 Å². The maximum absolute atomic E-state index is 13.6. The second-order valence-electron chi connectivity index (χ2n) is 6.28. The fourth-order valence-corrected chi connectivity index (χ4v) is 3.06. The number of nitrogens with one attached hydrogen (secondary N) is 1. The molecule has 1 aromatic carbocycles. The normalized spacial score (nSPS) is 23.1. The lowest BCUT2D eigenvalue weighted by Crippen LogP contribution is -2.53. The highest BCUT2D eigenvalue weighted by Gasteiger charge is 2.32. The van der Waals surface area contributed by atoms with Crippen molar-refractivity contribution in [3.05, 3.63) is 29.6 Å². The lowest BCUT2D eigenvalue weighted by Gasteiger charge is -2.39. The van der Waals surface area contributed by atoms with E-state index in [1.165, 1.54) is 25.3 Å². The van der Waals surface area contributed by atoms with Crippen LogP contribution in [-0.2, 0) is 9.53 Å². The lowest BCUT2D eigenvalue weighted by molar-refractivity contribution is -0.128. The van der Waals surface area contributed by atoms with E-state index in [1.807, 2.05) is 0 Å². The molecule has 0 bridgehead atoms. The van der Waals surface area contributed by atoms with Gasteiger partial charge in [0.2, 0.25) is 5.91 Å². The second-order valence-corrected chi connectivity index (χ2v) is 6.28. The number of hydrogen-bond acceptors (Lipinski definition) is 3. The average Bonchev–Trinajstić information content (AvgIpc) is 2.48. The molecule has 2 aliphatic rings. The van der Waals surface area contributed by atoms with E-state index < -0.39 is 0 Å². The summed E-state index contributed by atoms with van der Waals surface area (Å²) in [4.78, 5) is 14.8. The molecule has 1 N–H and O–H groups in total. The molecule has 1 aliphatic heterocycles. The third kappa shape index (κ3) is 3.31. The van der Waals surface area contributed by atoms with Crippen LogP contribution < -0.4 is 5.32 Å². The smallest absolute Gasteiger partial charge is 0.244 e. The number of amides is 1. The first-order chi connectivity index (χ1) is 10.6. The van der Waals surface area contributed by atoms with Gasteiger partial charge in [-0.1, -0.05) is 12.5 Å². The van der Waals surface area contributed by atoms with Crippen LogP contribution in [0.4, 0.5) is 10.1 Å². The van der Waals surface area contributed by atoms with Crippen molar-refractivity contribution < 1.29 is 13.9 Å². The van der Waals surface area contributed by atoms with Gasteiger partial charge in [-0.05, 0) is 37.8 Å². The van der Waals surface area contributed by atoms with Crippen LogP contribution in [0.15, 0.2) is 18.2 Å². The molecule has 1 unspecified atom stereocenters. The van der Waals surface area contributed by atoms with Crippen LogP contribution in [0.25, 0.3) is 0 Å². The number of nitrogens with zero attached hydrogens (tertiary/aromatic N) is 1. The molecule has 0 radical (unpaired) electrons. The largest absolute Gasteiger partial charge is 0.378 e. The molecule has 5 heteroatoms. The van der Waals surface area contributed by atoms with Crippen molar-refractivity contribution in [3.8, 4) is 0 Å². The number of carbonyl (C=O) groups excluding carboxylic acids is 1. The number of morpholine rings is 1. The van der Waals surface area contributed by atoms with Crippen molar-refractivity contribution >= 4 is 11.6 Å². The minimum absolute atomic E-state index is 0.104. The molecule has 120 valence electrons. The molecule has 3 rings (SSSR count). The Labute approximate surface area is 130 Å². The van der Waals surface area contributed by atoms with Crippen molar-refractivity contribution in [2.45, 2.75) is 32.2 Å². The van der Waals surface area contributed by atoms with E-state index >= 15 is 0 Å². The fourth-order valence-electron chi connectivity index (χ4n) is 3.06. The number of rotatable bonds is 4. The maximum atomic E-state index is 13.6. The van der Waals surface area contributed by atoms with E-state index in [1.54, 1.807) is 19.1 Å². The van der Waals surface area contributed by atoms with Crippen LogP contribution in [0, 0.1) is 18.7 Å². The Balaban J connectivity index is 1.67. The molecule has 1 aromatic rings. The summed E-state index contributed by atoms with van der Waals surface area (Å²) in [6, 6.07) is 4.46. The lowest BCUT2D eigenvalue weighted by atomic mass is 9.84. The number of ether oxygens (including phenoxy) is 1. The van der Waals surface area contributed by atoms with E-state index in [9.17, 15) is 9.18 Å². The van der Waals surface area contributed by atoms with Crippen molar-refractivity contribution in [1.82, 2.24) is 4.90 Å². The van der Waals surface area contributed by atoms with Crippen LogP contribution in [0.1, 0.15) is 24.8 Å². The summed E-state index contributed by atoms with van der Waals surface area (Å²) < 4.78 is 19.1. The molecular weight excluding hydrogens is 283 g/mol. The molecule has 2 fully saturated rings. The van der Waals surface area contributed by atoms with Gasteiger partial charge in [0.25, 0.3) is 0 Å². The average molecular weight is 306 g/mol. The minimum Gasteiger partial charge on any atom is -0.378 e. The number of carbonyl (C=O) groups is 1. The fraction of sp³-hybridized carbons (Fsp3) is 0.588. The van der Waals surface area contributed by atoms with Gasteiger partial charge in [0.1, 0.15) is 11.9 Å². The van der Waals surface area contributed by atoms with Crippen LogP contribution in [0.3, 0.4) is 0 Å². The molecule has 1 atom stereocenters. The number of anilines is 1. The topological polar surface area (TPSA) is 41.6 Å². The Hall–Kier alpha value is -1.46. The van der Waals surface area contributed by atoms with Crippen molar-refractivity contribution in [2.75, 3.05) is 31.6 Å². The van der Waals surface area contributed by atoms with Gasteiger partial charge in [0.05, 0.1) is 13.2 Å². The first-order valence-corrected chi connectivity index (χ1v) is 8.03. The van der Waals surface area contributed by atoms with Gasteiger partial charge in [-0.15, -0.1) is 0 Å². The summed E-state index contributed by atoms with van der Waals surface area (Å²) >= 11 is 0. The summed E-state index contributed by atoms with van der Waals surface area (Å²) in [5.41, 5.74) is 1.01. The van der Waals surface area contributed by atoms with Crippen molar-refractivity contribution in [3.63, 3.8) is 0 Å². The standard InChI is InChI=1S/C17H23FN2O2/c1-12-14(18)6-3-7-15(12)19-17(21)16-11-22-9-8-20(16)10-13-4-2-5-13/h3,6-7,13,16H,2,4-5,8-11H2,1H3,(H,19,21). The Kier molecular flexibility index (Phi) is 4.74. The third-order valence-corrected chi connectivity index (χ3v) is 4.78. The van der Waals surface area contributed by atoms with Gasteiger partial charge in [-0.2, -0.15) is 0 Å². The van der Waals surface area contributed by atoms with Gasteiger partial charge in [-0.3, -0.25) is 9.69 Å². The highest BCUT2D eigenvalue weighted by molar-refractivity contribution is 5.95. The molecule has 4 nitrogen and oxygen atoms in total. The summed E-state index contributed by atoms with van der Waals surface area (Å²) in [5.74, 6) is 0.307. The first-order valence-electron chi connectivity index (χ1n) is 8.03. The molecule has 22 heavy (non-hydrogen) atoms. The zero-order valence-corrected chi connectivity index (χ0v) is 13.0. The van der Waals surface area contributed by atoms with Crippen LogP contribution in [0.2, 0.25) is 0 Å². The third-order valence-electron chi connectivity index (χ3n) is 4.78. The number of hydrogen-bond donors (Lipinski definition) is 1. The zero-order chi connectivity index (χ0) is 15.5. The SMILES string of the molecule is Cc1c(F)cccc1NC(=O)C1COCCN1CC1CCC1. The predicted molar refractivity (Wildman–Crippen MR) is 83.3 cm³/mol. The van der Waals surface area contributed by atoms with Gasteiger partial charge < -0.3 is 10.1 Å². The van der Waals surface area contributed by atoms with Crippen LogP contribution in [0.5, 0.6) is 0 Å². The minimum atomic E-state index is -0.302. The van der Waals surface area contributed by atoms with Gasteiger partial charge in [0, 0.05) is 24.3 Å². The molecule has 0 spiro atoms. The van der Waals surface area contributed by atoms with Gasteiger partial charge >= 0.3 is 0 Å². The monoisotopic (exact) mass is 306 g/mol. The number of halogens is 1. The quantitative estimate of drug-likeness (QED) is 0.929. The Bertz CT molecular complexity index is 545. The van der Waals surface area contributed by atoms with E-state index in [-0.39, 0.29) is 17.8 Å². The summed E-state index contributed by atoms with van der Waals surface area (Å²) in [5, 5.41) is 2.86. The number of benzene rings is 1. The van der Waals surface area contributed by atoms with Crippen LogP contribution >= 0.6 is 0 Å². The highest BCUT2D eigenvalue weighted by Crippen LogP contribution is 2.28. The molecule has 1 saturated heterocycles. The van der Waals surface area contributed by atoms with Crippen LogP contribution in [-0.4, -0.2) is 43.2 Å². The maximum Gasteiger partial charge on any atom is 0.244 e. The summed E-state index contributed by atoms with van der Waals surface area (Å²) in [7, 11) is 0. The van der Waals surface area contributed by atoms with E-state index in [2.05, 4.69) is 10.2 Å². The van der Waals surface area contributed by atoms with E-state index in [4.69, 9.17) is 4.74 Å². The molecule has 1 amide bonds. The second kappa shape index (κ2) is 6.75. The first kappa shape index (κ1) is 15.4. The highest BCUT2D eigenvalue weighted by atomic mass is 19.1. The Morgan fingerprint density at radius 2 is 2.27 bits per heavy atom. The van der Waals surface area contributed by atoms with Gasteiger partial charge in [0.15, 0.2) is 0 Å². The summed E-state index contributed by atoms with van der Waals surface area (Å²) in [6.07, 6.45) is 3.82. The molecular formula is C17H23FN2O2. The predicted octanol–water partition coefficient (Wildman–Crippen LogP) is 2.57. The Morgan fingerprint density at radius 1 is 1.45 bits per heavy atom. The van der Waals surface area contributed by atoms with E-state index in [0.717, 1.165) is 13.1 Å². The molecule has 1 saturated carbocycles. The summed E-state index contributed by atoms with van der Waals surface area (Å²) in [6.45, 7) is 4.51. The molecule has 1 aliphatic carbocycles. The molecule has 1 heterocycles. The van der Waals surface area contributed by atoms with E-state index in [0.29, 0.717) is 30.4 Å². The zero-order valence-electron chi connectivity index (χ0n) is 13.0. The Morgan fingerprint density at radius 3 is 3.00 bits per heavy atom. The molecule has 0 aromatic heterocycles. The van der Waals surface area contributed by atoms with Crippen molar-refractivity contribution in [2.24, 2.45) is 5.92 Å². The van der Waals surface area contributed by atoms with Crippen molar-refractivity contribution in [1.29, 1.82) is 0 Å².